The smallest absolute Gasteiger partial charge is 0.251 e. The molecule has 9 rings (SSSR count). The van der Waals surface area contributed by atoms with E-state index in [1.165, 1.54) is 82.7 Å². The quantitative estimate of drug-likeness (QED) is 0.214. The fraction of sp³-hybridized carbons (Fsp3) is 0.143. The second-order valence-electron chi connectivity index (χ2n) is 12.3. The van der Waals surface area contributed by atoms with Crippen molar-refractivity contribution in [2.24, 2.45) is 0 Å². The molecule has 7 aromatic rings. The standard InChI is InChI=1S/C35H27BN2/c1-20-15-25-24-14-13-23(35(2,3)4)19-27(24)36-32(25)31(16-20)38-29-12-8-7-11-28(29)37-30-18-22-10-6-5-9-21(22)17-26(30)33(36)34(37)38/h5-19H,1-4H3. The minimum Gasteiger partial charge on any atom is -0.295 e. The molecule has 0 spiro atoms. The molecule has 0 fully saturated rings. The molecule has 0 bridgehead atoms. The summed E-state index contributed by atoms with van der Waals surface area (Å²) in [4.78, 5) is 0. The Labute approximate surface area is 222 Å². The first-order chi connectivity index (χ1) is 18.4. The van der Waals surface area contributed by atoms with Gasteiger partial charge in [0.05, 0.1) is 16.6 Å². The average Bonchev–Trinajstić information content (AvgIpc) is 3.52. The van der Waals surface area contributed by atoms with Gasteiger partial charge in [-0.05, 0) is 92.0 Å². The maximum atomic E-state index is 2.55. The zero-order valence-corrected chi connectivity index (χ0v) is 22.1. The summed E-state index contributed by atoms with van der Waals surface area (Å²) in [5, 5.41) is 3.96. The average molecular weight is 486 g/mol. The van der Waals surface area contributed by atoms with Gasteiger partial charge in [0, 0.05) is 5.69 Å². The number of hydrogen-bond donors (Lipinski definition) is 0. The molecule has 2 aliphatic rings. The van der Waals surface area contributed by atoms with Gasteiger partial charge in [-0.25, -0.2) is 0 Å². The SMILES string of the molecule is Cc1cc2c3c(c1)-n1c4ccccc4n4c5cc6ccccc6cc5c(c14)B3c1cc(C(C)(C)C)ccc1-2. The molecule has 4 heterocycles. The lowest BCUT2D eigenvalue weighted by atomic mass is 9.37. The highest BCUT2D eigenvalue weighted by Gasteiger charge is 2.43. The van der Waals surface area contributed by atoms with Gasteiger partial charge in [0.1, 0.15) is 5.65 Å². The predicted molar refractivity (Wildman–Crippen MR) is 163 cm³/mol. The molecular formula is C35H27BN2. The van der Waals surface area contributed by atoms with Gasteiger partial charge in [-0.1, -0.05) is 86.9 Å². The number of aromatic nitrogens is 2. The van der Waals surface area contributed by atoms with Crippen LogP contribution >= 0.6 is 0 Å². The van der Waals surface area contributed by atoms with Crippen LogP contribution < -0.4 is 16.4 Å². The van der Waals surface area contributed by atoms with Crippen molar-refractivity contribution in [2.45, 2.75) is 33.1 Å². The van der Waals surface area contributed by atoms with Gasteiger partial charge in [0.15, 0.2) is 0 Å². The second-order valence-corrected chi connectivity index (χ2v) is 12.3. The summed E-state index contributed by atoms with van der Waals surface area (Å²) in [7, 11) is 0. The normalized spacial score (nSPS) is 13.7. The largest absolute Gasteiger partial charge is 0.295 e. The maximum absolute atomic E-state index is 2.55. The van der Waals surface area contributed by atoms with Crippen LogP contribution in [-0.2, 0) is 5.41 Å². The van der Waals surface area contributed by atoms with Crippen molar-refractivity contribution in [3.8, 4) is 16.8 Å². The Morgan fingerprint density at radius 3 is 2.18 bits per heavy atom. The zero-order chi connectivity index (χ0) is 25.5. The Morgan fingerprint density at radius 1 is 0.658 bits per heavy atom. The summed E-state index contributed by atoms with van der Waals surface area (Å²) in [5.74, 6) is 0. The lowest BCUT2D eigenvalue weighted by molar-refractivity contribution is 0.591. The zero-order valence-electron chi connectivity index (χ0n) is 22.1. The first-order valence-electron chi connectivity index (χ1n) is 13.7. The van der Waals surface area contributed by atoms with Crippen LogP contribution in [0.2, 0.25) is 0 Å². The molecule has 0 radical (unpaired) electrons. The summed E-state index contributed by atoms with van der Waals surface area (Å²) < 4.78 is 5.08. The predicted octanol–water partition coefficient (Wildman–Crippen LogP) is 6.61. The van der Waals surface area contributed by atoms with Gasteiger partial charge < -0.3 is 0 Å². The highest BCUT2D eigenvalue weighted by Crippen LogP contribution is 2.39. The Morgan fingerprint density at radius 2 is 1.39 bits per heavy atom. The van der Waals surface area contributed by atoms with E-state index in [1.807, 2.05) is 0 Å². The minimum atomic E-state index is 0.0977. The van der Waals surface area contributed by atoms with E-state index in [1.54, 1.807) is 0 Å². The summed E-state index contributed by atoms with van der Waals surface area (Å²) in [6, 6.07) is 34.6. The first-order valence-corrected chi connectivity index (χ1v) is 13.7. The molecule has 2 aromatic heterocycles. The number of para-hydroxylation sites is 2. The summed E-state index contributed by atoms with van der Waals surface area (Å²) in [6.07, 6.45) is 0. The molecule has 0 N–H and O–H groups in total. The molecule has 0 unspecified atom stereocenters. The van der Waals surface area contributed by atoms with E-state index in [-0.39, 0.29) is 12.1 Å². The Hall–Kier alpha value is -4.24. The van der Waals surface area contributed by atoms with Crippen molar-refractivity contribution >= 4 is 61.5 Å². The number of benzene rings is 5. The highest BCUT2D eigenvalue weighted by atomic mass is 15.1. The van der Waals surface area contributed by atoms with Crippen molar-refractivity contribution < 1.29 is 0 Å². The van der Waals surface area contributed by atoms with E-state index < -0.39 is 0 Å². The van der Waals surface area contributed by atoms with Crippen LogP contribution in [0, 0.1) is 6.92 Å². The monoisotopic (exact) mass is 486 g/mol. The molecule has 2 nitrogen and oxygen atoms in total. The third kappa shape index (κ3) is 2.36. The van der Waals surface area contributed by atoms with Gasteiger partial charge >= 0.3 is 0 Å². The lowest BCUT2D eigenvalue weighted by Crippen LogP contribution is -2.53. The molecule has 0 saturated heterocycles. The van der Waals surface area contributed by atoms with E-state index in [2.05, 4.69) is 128 Å². The Kier molecular flexibility index (Phi) is 3.61. The van der Waals surface area contributed by atoms with Crippen molar-refractivity contribution in [1.82, 2.24) is 8.97 Å². The summed E-state index contributed by atoms with van der Waals surface area (Å²) in [5.41, 5.74) is 16.5. The first kappa shape index (κ1) is 20.8. The van der Waals surface area contributed by atoms with Crippen LogP contribution in [-0.4, -0.2) is 15.7 Å². The number of imidazole rings is 1. The van der Waals surface area contributed by atoms with Crippen molar-refractivity contribution in [1.29, 1.82) is 0 Å². The minimum absolute atomic E-state index is 0.0977. The van der Waals surface area contributed by atoms with Crippen molar-refractivity contribution in [2.75, 3.05) is 0 Å². The fourth-order valence-corrected chi connectivity index (χ4v) is 7.39. The maximum Gasteiger partial charge on any atom is 0.251 e. The third-order valence-electron chi connectivity index (χ3n) is 9.06. The molecule has 180 valence electrons. The fourth-order valence-electron chi connectivity index (χ4n) is 7.39. The van der Waals surface area contributed by atoms with Gasteiger partial charge in [-0.15, -0.1) is 0 Å². The molecule has 0 aliphatic carbocycles. The topological polar surface area (TPSA) is 9.34 Å². The molecule has 0 saturated carbocycles. The molecule has 3 heteroatoms. The van der Waals surface area contributed by atoms with Crippen LogP contribution in [0.4, 0.5) is 0 Å². The second kappa shape index (κ2) is 6.60. The number of nitrogens with zero attached hydrogens (tertiary/aromatic N) is 2. The molecule has 5 aromatic carbocycles. The van der Waals surface area contributed by atoms with Crippen LogP contribution in [0.3, 0.4) is 0 Å². The summed E-state index contributed by atoms with van der Waals surface area (Å²) in [6.45, 7) is 9.44. The van der Waals surface area contributed by atoms with Crippen LogP contribution in [0.15, 0.2) is 91.0 Å². The number of hydrogen-bond acceptors (Lipinski definition) is 0. The number of rotatable bonds is 0. The number of aryl methyl sites for hydroxylation is 1. The van der Waals surface area contributed by atoms with E-state index in [0.717, 1.165) is 0 Å². The van der Waals surface area contributed by atoms with Crippen LogP contribution in [0.1, 0.15) is 31.9 Å². The Bertz CT molecular complexity index is 2180. The van der Waals surface area contributed by atoms with Gasteiger partial charge in [0.2, 0.25) is 0 Å². The summed E-state index contributed by atoms with van der Waals surface area (Å²) >= 11 is 0. The van der Waals surface area contributed by atoms with Gasteiger partial charge in [-0.3, -0.25) is 8.97 Å². The van der Waals surface area contributed by atoms with Crippen LogP contribution in [0.5, 0.6) is 0 Å². The van der Waals surface area contributed by atoms with Crippen molar-refractivity contribution in [3.05, 3.63) is 102 Å². The van der Waals surface area contributed by atoms with Gasteiger partial charge in [0.25, 0.3) is 6.71 Å². The highest BCUT2D eigenvalue weighted by molar-refractivity contribution is 7.02. The molecule has 38 heavy (non-hydrogen) atoms. The van der Waals surface area contributed by atoms with E-state index in [0.29, 0.717) is 0 Å². The third-order valence-corrected chi connectivity index (χ3v) is 9.06. The van der Waals surface area contributed by atoms with E-state index >= 15 is 0 Å². The van der Waals surface area contributed by atoms with Crippen molar-refractivity contribution in [3.63, 3.8) is 0 Å². The lowest BCUT2D eigenvalue weighted by Gasteiger charge is -2.24. The van der Waals surface area contributed by atoms with E-state index in [9.17, 15) is 0 Å². The van der Waals surface area contributed by atoms with Gasteiger partial charge in [-0.2, -0.15) is 0 Å². The van der Waals surface area contributed by atoms with E-state index in [4.69, 9.17) is 0 Å². The van der Waals surface area contributed by atoms with Crippen LogP contribution in [0.25, 0.3) is 55.2 Å². The molecule has 0 amide bonds. The molecule has 0 atom stereocenters. The Balaban J connectivity index is 1.55. The molecular weight excluding hydrogens is 459 g/mol. The number of fused-ring (bicyclic) bond motifs is 12. The molecule has 2 aliphatic heterocycles.